The minimum Gasteiger partial charge on any atom is -0.480 e. The van der Waals surface area contributed by atoms with Crippen LogP contribution in [0.2, 0.25) is 0 Å². The maximum atomic E-state index is 11.9. The Labute approximate surface area is 111 Å². The first kappa shape index (κ1) is 17.4. The number of amides is 3. The second kappa shape index (κ2) is 7.07. The Morgan fingerprint density at radius 3 is 2.11 bits per heavy atom. The predicted octanol–water partition coefficient (Wildman–Crippen LogP) is -0.501. The molecular weight excluding hydrogens is 276 g/mol. The van der Waals surface area contributed by atoms with E-state index in [4.69, 9.17) is 5.11 Å². The fraction of sp³-hybridized carbons (Fsp3) is 0.700. The Hall–Kier alpha value is -1.64. The van der Waals surface area contributed by atoms with E-state index in [0.717, 1.165) is 6.92 Å². The number of carbonyl (C=O) groups excluding carboxylic acids is 2. The van der Waals surface area contributed by atoms with Crippen LogP contribution in [0, 0.1) is 0 Å². The summed E-state index contributed by atoms with van der Waals surface area (Å²) >= 11 is 0. The van der Waals surface area contributed by atoms with E-state index in [1.807, 2.05) is 5.32 Å². The minimum absolute atomic E-state index is 0.156. The van der Waals surface area contributed by atoms with Crippen molar-refractivity contribution in [2.24, 2.45) is 0 Å². The summed E-state index contributed by atoms with van der Waals surface area (Å²) in [4.78, 5) is 33.5. The van der Waals surface area contributed by atoms with Gasteiger partial charge in [-0.15, -0.1) is 0 Å². The molecule has 0 aromatic carbocycles. The fourth-order valence-electron chi connectivity index (χ4n) is 1.36. The number of rotatable bonds is 6. The van der Waals surface area contributed by atoms with Crippen LogP contribution in [-0.4, -0.2) is 48.5 Å². The van der Waals surface area contributed by atoms with E-state index in [-0.39, 0.29) is 13.0 Å². The second-order valence-corrected chi connectivity index (χ2v) is 6.27. The number of carboxylic acid groups (broad SMARTS) is 1. The topological polar surface area (TPSA) is 130 Å². The van der Waals surface area contributed by atoms with Crippen molar-refractivity contribution in [3.63, 3.8) is 0 Å². The zero-order valence-electron chi connectivity index (χ0n) is 11.0. The quantitative estimate of drug-likeness (QED) is 0.605. The lowest BCUT2D eigenvalue weighted by molar-refractivity contribution is -0.136. The molecule has 110 valence electrons. The van der Waals surface area contributed by atoms with Gasteiger partial charge < -0.3 is 10.4 Å². The monoisotopic (exact) mass is 294 g/mol. The smallest absolute Gasteiger partial charge is 0.321 e. The third-order valence-corrected chi connectivity index (χ3v) is 5.01. The Bertz CT molecular complexity index is 459. The van der Waals surface area contributed by atoms with Crippen LogP contribution in [0.4, 0.5) is 4.79 Å². The first-order valence-electron chi connectivity index (χ1n) is 5.72. The van der Waals surface area contributed by atoms with Gasteiger partial charge in [0.2, 0.25) is 5.91 Å². The summed E-state index contributed by atoms with van der Waals surface area (Å²) in [7, 11) is -4.20. The molecule has 0 aromatic rings. The molecule has 2 atom stereocenters. The maximum Gasteiger partial charge on any atom is 0.321 e. The lowest BCUT2D eigenvalue weighted by Crippen LogP contribution is -2.48. The standard InChI is InChI=1S/C10H18N2O6S/c1-4-7(9(14)15)19(17,18)6(3)8(13)12-10(16)11-5-2/h6-7H,4-5H2,1-3H3,(H,14,15)(H2,11,12,13,16). The lowest BCUT2D eigenvalue weighted by Gasteiger charge is -2.17. The molecule has 0 aromatic heterocycles. The van der Waals surface area contributed by atoms with Crippen LogP contribution in [-0.2, 0) is 19.4 Å². The van der Waals surface area contributed by atoms with Crippen LogP contribution >= 0.6 is 0 Å². The highest BCUT2D eigenvalue weighted by molar-refractivity contribution is 7.94. The maximum absolute atomic E-state index is 11.9. The van der Waals surface area contributed by atoms with Crippen LogP contribution in [0.5, 0.6) is 0 Å². The third kappa shape index (κ3) is 4.51. The van der Waals surface area contributed by atoms with E-state index < -0.39 is 38.2 Å². The first-order valence-corrected chi connectivity index (χ1v) is 7.33. The number of carbonyl (C=O) groups is 3. The first-order chi connectivity index (χ1) is 8.68. The van der Waals surface area contributed by atoms with Gasteiger partial charge in [0, 0.05) is 6.54 Å². The molecule has 0 radical (unpaired) electrons. The summed E-state index contributed by atoms with van der Waals surface area (Å²) in [5, 5.41) is 9.65. The normalized spacial score (nSPS) is 14.3. The van der Waals surface area contributed by atoms with Crippen LogP contribution in [0.15, 0.2) is 0 Å². The van der Waals surface area contributed by atoms with Crippen molar-refractivity contribution in [1.29, 1.82) is 0 Å². The zero-order chi connectivity index (χ0) is 15.2. The molecule has 0 fully saturated rings. The Balaban J connectivity index is 4.98. The van der Waals surface area contributed by atoms with Gasteiger partial charge >= 0.3 is 12.0 Å². The van der Waals surface area contributed by atoms with Crippen molar-refractivity contribution in [2.45, 2.75) is 37.7 Å². The molecular formula is C10H18N2O6S. The van der Waals surface area contributed by atoms with E-state index in [0.29, 0.717) is 0 Å². The van der Waals surface area contributed by atoms with E-state index in [1.54, 1.807) is 6.92 Å². The van der Waals surface area contributed by atoms with Gasteiger partial charge in [-0.3, -0.25) is 14.9 Å². The Morgan fingerprint density at radius 2 is 1.74 bits per heavy atom. The van der Waals surface area contributed by atoms with Crippen molar-refractivity contribution in [3.8, 4) is 0 Å². The second-order valence-electron chi connectivity index (χ2n) is 3.82. The van der Waals surface area contributed by atoms with Crippen molar-refractivity contribution in [3.05, 3.63) is 0 Å². The van der Waals surface area contributed by atoms with Gasteiger partial charge in [-0.1, -0.05) is 6.92 Å². The Morgan fingerprint density at radius 1 is 1.21 bits per heavy atom. The summed E-state index contributed by atoms with van der Waals surface area (Å²) in [6.07, 6.45) is -0.156. The van der Waals surface area contributed by atoms with Gasteiger partial charge in [-0.2, -0.15) is 0 Å². The average molecular weight is 294 g/mol. The molecule has 0 heterocycles. The molecule has 3 amide bonds. The number of nitrogens with one attached hydrogen (secondary N) is 2. The fourth-order valence-corrected chi connectivity index (χ4v) is 2.96. The van der Waals surface area contributed by atoms with E-state index >= 15 is 0 Å². The summed E-state index contributed by atoms with van der Waals surface area (Å²) in [5.41, 5.74) is 0. The summed E-state index contributed by atoms with van der Waals surface area (Å²) in [6, 6.07) is -0.821. The number of urea groups is 1. The van der Waals surface area contributed by atoms with Gasteiger partial charge in [0.25, 0.3) is 0 Å². The molecule has 0 rings (SSSR count). The molecule has 0 aliphatic heterocycles. The number of aliphatic carboxylic acids is 1. The molecule has 0 saturated carbocycles. The van der Waals surface area contributed by atoms with E-state index in [1.165, 1.54) is 6.92 Å². The van der Waals surface area contributed by atoms with Crippen LogP contribution in [0.3, 0.4) is 0 Å². The molecule has 0 aliphatic carbocycles. The highest BCUT2D eigenvalue weighted by Crippen LogP contribution is 2.13. The van der Waals surface area contributed by atoms with Crippen LogP contribution < -0.4 is 10.6 Å². The molecule has 19 heavy (non-hydrogen) atoms. The molecule has 0 bridgehead atoms. The Kier molecular flexibility index (Phi) is 6.46. The number of hydrogen-bond donors (Lipinski definition) is 3. The van der Waals surface area contributed by atoms with Crippen LogP contribution in [0.25, 0.3) is 0 Å². The van der Waals surface area contributed by atoms with Gasteiger partial charge in [-0.05, 0) is 20.3 Å². The number of carboxylic acids is 1. The largest absolute Gasteiger partial charge is 0.480 e. The van der Waals surface area contributed by atoms with Crippen molar-refractivity contribution < 1.29 is 27.9 Å². The van der Waals surface area contributed by atoms with Crippen molar-refractivity contribution in [2.75, 3.05) is 6.54 Å². The third-order valence-electron chi connectivity index (χ3n) is 2.48. The number of imide groups is 1. The van der Waals surface area contributed by atoms with Crippen LogP contribution in [0.1, 0.15) is 27.2 Å². The predicted molar refractivity (Wildman–Crippen MR) is 67.3 cm³/mol. The van der Waals surface area contributed by atoms with E-state index in [9.17, 15) is 22.8 Å². The summed E-state index contributed by atoms with van der Waals surface area (Å²) < 4.78 is 23.8. The molecule has 0 aliphatic rings. The molecule has 2 unspecified atom stereocenters. The van der Waals surface area contributed by atoms with Gasteiger partial charge in [0.15, 0.2) is 15.1 Å². The molecule has 0 saturated heterocycles. The number of hydrogen-bond acceptors (Lipinski definition) is 5. The van der Waals surface area contributed by atoms with Crippen molar-refractivity contribution >= 4 is 27.7 Å². The molecule has 9 heteroatoms. The van der Waals surface area contributed by atoms with Gasteiger partial charge in [0.1, 0.15) is 5.25 Å². The zero-order valence-corrected chi connectivity index (χ0v) is 11.8. The lowest BCUT2D eigenvalue weighted by atomic mass is 10.3. The van der Waals surface area contributed by atoms with E-state index in [2.05, 4.69) is 5.32 Å². The summed E-state index contributed by atoms with van der Waals surface area (Å²) in [5.74, 6) is -2.56. The number of sulfone groups is 1. The van der Waals surface area contributed by atoms with Gasteiger partial charge in [-0.25, -0.2) is 13.2 Å². The molecule has 8 nitrogen and oxygen atoms in total. The van der Waals surface area contributed by atoms with Gasteiger partial charge in [0.05, 0.1) is 0 Å². The SMILES string of the molecule is CCNC(=O)NC(=O)C(C)S(=O)(=O)C(CC)C(=O)O. The summed E-state index contributed by atoms with van der Waals surface area (Å²) in [6.45, 7) is 4.34. The average Bonchev–Trinajstić information content (AvgIpc) is 2.27. The minimum atomic E-state index is -4.20. The highest BCUT2D eigenvalue weighted by Gasteiger charge is 2.39. The molecule has 3 N–H and O–H groups in total. The molecule has 0 spiro atoms. The highest BCUT2D eigenvalue weighted by atomic mass is 32.2. The van der Waals surface area contributed by atoms with Crippen molar-refractivity contribution in [1.82, 2.24) is 10.6 Å².